The van der Waals surface area contributed by atoms with E-state index < -0.39 is 0 Å². The minimum Gasteiger partial charge on any atom is -0.304 e. The summed E-state index contributed by atoms with van der Waals surface area (Å²) in [5.74, 6) is -0.381. The van der Waals surface area contributed by atoms with Gasteiger partial charge in [0.2, 0.25) is 5.91 Å². The molecular formula is C26H25F2NO. The van der Waals surface area contributed by atoms with Crippen molar-refractivity contribution < 1.29 is 13.6 Å². The third-order valence-corrected chi connectivity index (χ3v) is 6.09. The van der Waals surface area contributed by atoms with Gasteiger partial charge in [0.05, 0.1) is 12.0 Å². The molecule has 1 fully saturated rings. The quantitative estimate of drug-likeness (QED) is 0.425. The summed E-state index contributed by atoms with van der Waals surface area (Å²) in [5.41, 5.74) is 4.04. The van der Waals surface area contributed by atoms with Gasteiger partial charge in [-0.15, -0.1) is 0 Å². The summed E-state index contributed by atoms with van der Waals surface area (Å²) in [6, 6.07) is 20.9. The molecule has 1 aliphatic heterocycles. The molecule has 0 saturated carbocycles. The van der Waals surface area contributed by atoms with Crippen LogP contribution in [-0.4, -0.2) is 5.91 Å². The van der Waals surface area contributed by atoms with Crippen LogP contribution in [0.25, 0.3) is 0 Å². The van der Waals surface area contributed by atoms with Gasteiger partial charge in [-0.25, -0.2) is 8.78 Å². The van der Waals surface area contributed by atoms with Crippen LogP contribution in [0.4, 0.5) is 14.5 Å². The van der Waals surface area contributed by atoms with Gasteiger partial charge in [-0.2, -0.15) is 0 Å². The standard InChI is InChI=1S/C26H25F2NO/c1-17-3-6-20(7-4-17)25-24(16-5-18(2)19-8-10-21(27)11-9-19)26(30)29(25)23-14-12-22(28)13-15-23/h3-4,6-15,18,24-25H,5,16H2,1-2H3. The summed E-state index contributed by atoms with van der Waals surface area (Å²) in [7, 11) is 0. The molecule has 3 aromatic rings. The lowest BCUT2D eigenvalue weighted by Crippen LogP contribution is -2.55. The van der Waals surface area contributed by atoms with Gasteiger partial charge < -0.3 is 4.90 Å². The van der Waals surface area contributed by atoms with Crippen molar-refractivity contribution in [2.24, 2.45) is 5.92 Å². The molecule has 3 atom stereocenters. The van der Waals surface area contributed by atoms with Crippen molar-refractivity contribution >= 4 is 11.6 Å². The van der Waals surface area contributed by atoms with Gasteiger partial charge in [-0.05, 0) is 73.2 Å². The van der Waals surface area contributed by atoms with Crippen LogP contribution < -0.4 is 4.90 Å². The van der Waals surface area contributed by atoms with E-state index in [9.17, 15) is 13.6 Å². The molecule has 2 nitrogen and oxygen atoms in total. The zero-order chi connectivity index (χ0) is 21.3. The number of hydrogen-bond acceptors (Lipinski definition) is 1. The number of carbonyl (C=O) groups is 1. The van der Waals surface area contributed by atoms with Crippen LogP contribution in [0.2, 0.25) is 0 Å². The number of amides is 1. The number of carbonyl (C=O) groups excluding carboxylic acids is 1. The lowest BCUT2D eigenvalue weighted by atomic mass is 9.77. The molecule has 0 aromatic heterocycles. The molecule has 3 aromatic carbocycles. The second kappa shape index (κ2) is 8.39. The van der Waals surface area contributed by atoms with Gasteiger partial charge in [0.1, 0.15) is 11.6 Å². The Hall–Kier alpha value is -3.01. The van der Waals surface area contributed by atoms with Crippen molar-refractivity contribution in [3.05, 3.63) is 101 Å². The molecule has 3 unspecified atom stereocenters. The monoisotopic (exact) mass is 405 g/mol. The Morgan fingerprint density at radius 3 is 2.03 bits per heavy atom. The zero-order valence-corrected chi connectivity index (χ0v) is 17.2. The fourth-order valence-electron chi connectivity index (χ4n) is 4.25. The third kappa shape index (κ3) is 4.00. The summed E-state index contributed by atoms with van der Waals surface area (Å²) in [6.45, 7) is 4.14. The summed E-state index contributed by atoms with van der Waals surface area (Å²) in [4.78, 5) is 14.8. The molecule has 1 saturated heterocycles. The number of β-lactam (4-membered cyclic amide) rings is 1. The predicted octanol–water partition coefficient (Wildman–Crippen LogP) is 6.56. The van der Waals surface area contributed by atoms with Gasteiger partial charge in [0.25, 0.3) is 0 Å². The number of aryl methyl sites for hydroxylation is 1. The fourth-order valence-corrected chi connectivity index (χ4v) is 4.25. The van der Waals surface area contributed by atoms with E-state index >= 15 is 0 Å². The Morgan fingerprint density at radius 2 is 1.43 bits per heavy atom. The first-order valence-corrected chi connectivity index (χ1v) is 10.3. The lowest BCUT2D eigenvalue weighted by molar-refractivity contribution is -0.130. The SMILES string of the molecule is Cc1ccc(C2C(CCC(C)c3ccc(F)cc3)C(=O)N2c2ccc(F)cc2)cc1. The first-order valence-electron chi connectivity index (χ1n) is 10.3. The molecule has 0 N–H and O–H groups in total. The van der Waals surface area contributed by atoms with E-state index in [1.807, 2.05) is 19.1 Å². The number of benzene rings is 3. The number of nitrogens with zero attached hydrogens (tertiary/aromatic N) is 1. The van der Waals surface area contributed by atoms with Crippen molar-refractivity contribution in [1.29, 1.82) is 0 Å². The molecule has 0 aliphatic carbocycles. The second-order valence-electron chi connectivity index (χ2n) is 8.18. The van der Waals surface area contributed by atoms with Crippen LogP contribution in [0, 0.1) is 24.5 Å². The van der Waals surface area contributed by atoms with Crippen LogP contribution in [0.1, 0.15) is 48.4 Å². The van der Waals surface area contributed by atoms with Crippen molar-refractivity contribution in [3.8, 4) is 0 Å². The highest BCUT2D eigenvalue weighted by Crippen LogP contribution is 2.46. The predicted molar refractivity (Wildman–Crippen MR) is 115 cm³/mol. The van der Waals surface area contributed by atoms with Crippen LogP contribution >= 0.6 is 0 Å². The Bertz CT molecular complexity index is 1010. The Kier molecular flexibility index (Phi) is 5.67. The van der Waals surface area contributed by atoms with E-state index in [1.54, 1.807) is 17.0 Å². The van der Waals surface area contributed by atoms with Gasteiger partial charge >= 0.3 is 0 Å². The van der Waals surface area contributed by atoms with E-state index in [-0.39, 0.29) is 35.4 Å². The maximum absolute atomic E-state index is 13.4. The summed E-state index contributed by atoms with van der Waals surface area (Å²) < 4.78 is 26.6. The number of halogens is 2. The molecular weight excluding hydrogens is 380 g/mol. The molecule has 1 heterocycles. The highest BCUT2D eigenvalue weighted by molar-refractivity contribution is 6.03. The second-order valence-corrected chi connectivity index (χ2v) is 8.18. The Balaban J connectivity index is 1.55. The van der Waals surface area contributed by atoms with E-state index in [4.69, 9.17) is 0 Å². The molecule has 30 heavy (non-hydrogen) atoms. The average molecular weight is 405 g/mol. The topological polar surface area (TPSA) is 20.3 Å². The normalized spacial score (nSPS) is 19.5. The fraction of sp³-hybridized carbons (Fsp3) is 0.269. The maximum atomic E-state index is 13.4. The van der Waals surface area contributed by atoms with Crippen LogP contribution in [0.3, 0.4) is 0 Å². The van der Waals surface area contributed by atoms with Crippen molar-refractivity contribution in [2.45, 2.75) is 38.6 Å². The van der Waals surface area contributed by atoms with E-state index in [0.717, 1.165) is 29.7 Å². The molecule has 0 bridgehead atoms. The summed E-state index contributed by atoms with van der Waals surface area (Å²) >= 11 is 0. The molecule has 4 rings (SSSR count). The molecule has 1 aliphatic rings. The molecule has 4 heteroatoms. The van der Waals surface area contributed by atoms with Gasteiger partial charge in [0.15, 0.2) is 0 Å². The highest BCUT2D eigenvalue weighted by atomic mass is 19.1. The minimum atomic E-state index is -0.316. The molecule has 1 amide bonds. The van der Waals surface area contributed by atoms with Gasteiger partial charge in [-0.3, -0.25) is 4.79 Å². The zero-order valence-electron chi connectivity index (χ0n) is 17.2. The first kappa shape index (κ1) is 20.3. The maximum Gasteiger partial charge on any atom is 0.233 e. The smallest absolute Gasteiger partial charge is 0.233 e. The highest BCUT2D eigenvalue weighted by Gasteiger charge is 2.48. The van der Waals surface area contributed by atoms with Gasteiger partial charge in [0, 0.05) is 5.69 Å². The van der Waals surface area contributed by atoms with Crippen molar-refractivity contribution in [3.63, 3.8) is 0 Å². The van der Waals surface area contributed by atoms with Crippen LogP contribution in [0.5, 0.6) is 0 Å². The van der Waals surface area contributed by atoms with Crippen LogP contribution in [-0.2, 0) is 4.79 Å². The van der Waals surface area contributed by atoms with E-state index in [2.05, 4.69) is 31.2 Å². The largest absolute Gasteiger partial charge is 0.304 e. The molecule has 154 valence electrons. The van der Waals surface area contributed by atoms with Crippen molar-refractivity contribution in [2.75, 3.05) is 4.90 Å². The molecule has 0 radical (unpaired) electrons. The third-order valence-electron chi connectivity index (χ3n) is 6.09. The average Bonchev–Trinajstić information content (AvgIpc) is 2.74. The lowest BCUT2D eigenvalue weighted by Gasteiger charge is -2.48. The summed E-state index contributed by atoms with van der Waals surface area (Å²) in [5, 5.41) is 0. The number of anilines is 1. The number of hydrogen-bond donors (Lipinski definition) is 0. The molecule has 0 spiro atoms. The Morgan fingerprint density at radius 1 is 0.867 bits per heavy atom. The van der Waals surface area contributed by atoms with E-state index in [0.29, 0.717) is 0 Å². The van der Waals surface area contributed by atoms with E-state index in [1.165, 1.54) is 29.8 Å². The summed E-state index contributed by atoms with van der Waals surface area (Å²) in [6.07, 6.45) is 1.58. The minimum absolute atomic E-state index is 0.0658. The van der Waals surface area contributed by atoms with Crippen LogP contribution in [0.15, 0.2) is 72.8 Å². The van der Waals surface area contributed by atoms with Crippen molar-refractivity contribution in [1.82, 2.24) is 0 Å². The number of rotatable bonds is 6. The first-order chi connectivity index (χ1) is 14.4. The Labute approximate surface area is 176 Å². The van der Waals surface area contributed by atoms with Gasteiger partial charge in [-0.1, -0.05) is 48.9 Å².